The van der Waals surface area contributed by atoms with Crippen LogP contribution in [-0.4, -0.2) is 5.11 Å². The maximum Gasteiger partial charge on any atom is 1.00 e. The van der Waals surface area contributed by atoms with E-state index in [1.807, 2.05) is 29.0 Å². The third-order valence-corrected chi connectivity index (χ3v) is 1.81. The summed E-state index contributed by atoms with van der Waals surface area (Å²) in [6, 6.07) is 12.7. The first-order chi connectivity index (χ1) is 5.89. The van der Waals surface area contributed by atoms with Crippen molar-refractivity contribution in [1.82, 2.24) is 0 Å². The van der Waals surface area contributed by atoms with Crippen LogP contribution in [0.4, 0.5) is 0 Å². The van der Waals surface area contributed by atoms with E-state index in [9.17, 15) is 0 Å². The van der Waals surface area contributed by atoms with E-state index >= 15 is 0 Å². The molecule has 0 aliphatic carbocycles. The molecule has 0 aliphatic heterocycles. The van der Waals surface area contributed by atoms with Crippen LogP contribution in [0.1, 0.15) is 1.43 Å². The molecule has 0 unspecified atom stereocenters. The number of phenols is 1. The summed E-state index contributed by atoms with van der Waals surface area (Å²) in [6.45, 7) is 0. The normalized spacial score (nSPS) is 7.69. The second-order valence-electron chi connectivity index (χ2n) is 2.13. The van der Waals surface area contributed by atoms with Gasteiger partial charge in [-0.15, -0.1) is 0 Å². The number of benzene rings is 1. The van der Waals surface area contributed by atoms with E-state index in [0.29, 0.717) is 5.75 Å². The molecule has 1 heterocycles. The Balaban J connectivity index is 0. The van der Waals surface area contributed by atoms with Gasteiger partial charge in [-0.1, -0.05) is 30.3 Å². The van der Waals surface area contributed by atoms with Crippen molar-refractivity contribution in [2.75, 3.05) is 0 Å². The van der Waals surface area contributed by atoms with Gasteiger partial charge in [0.2, 0.25) is 0 Å². The van der Waals surface area contributed by atoms with Gasteiger partial charge in [0, 0.05) is 0 Å². The number of phenolic OH excluding ortho intramolecular Hbond substituents is 1. The first-order valence-electron chi connectivity index (χ1n) is 3.61. The molecule has 0 radical (unpaired) electrons. The zero-order valence-electron chi connectivity index (χ0n) is 8.55. The van der Waals surface area contributed by atoms with E-state index < -0.39 is 0 Å². The molecule has 2 aromatic rings. The summed E-state index contributed by atoms with van der Waals surface area (Å²) >= 11 is 1.71. The molecular weight excluding hydrogens is 191 g/mol. The van der Waals surface area contributed by atoms with Gasteiger partial charge in [-0.2, -0.15) is 11.3 Å². The van der Waals surface area contributed by atoms with Crippen LogP contribution in [0, 0.1) is 0 Å². The number of aromatic hydroxyl groups is 1. The number of hydrogen-bond donors (Lipinski definition) is 1. The Morgan fingerprint density at radius 1 is 0.923 bits per heavy atom. The summed E-state index contributed by atoms with van der Waals surface area (Å²) in [7, 11) is 0. The van der Waals surface area contributed by atoms with Gasteiger partial charge in [0.1, 0.15) is 5.75 Å². The predicted octanol–water partition coefficient (Wildman–Crippen LogP) is 0.257. The van der Waals surface area contributed by atoms with Crippen LogP contribution >= 0.6 is 11.3 Å². The van der Waals surface area contributed by atoms with E-state index in [2.05, 4.69) is 0 Å². The molecule has 0 fully saturated rings. The Labute approximate surface area is 106 Å². The first-order valence-corrected chi connectivity index (χ1v) is 4.55. The molecule has 3 heteroatoms. The summed E-state index contributed by atoms with van der Waals surface area (Å²) in [5, 5.41) is 12.7. The fraction of sp³-hybridized carbons (Fsp3) is 0. The molecule has 2 rings (SSSR count). The fourth-order valence-electron chi connectivity index (χ4n) is 0.655. The van der Waals surface area contributed by atoms with E-state index in [-0.39, 0.29) is 31.0 Å². The van der Waals surface area contributed by atoms with Crippen LogP contribution in [-0.2, 0) is 0 Å². The quantitative estimate of drug-likeness (QED) is 0.607. The van der Waals surface area contributed by atoms with Crippen molar-refractivity contribution in [3.8, 4) is 5.75 Å². The van der Waals surface area contributed by atoms with Crippen molar-refractivity contribution < 1.29 is 36.1 Å². The van der Waals surface area contributed by atoms with Gasteiger partial charge in [0.05, 0.1) is 0 Å². The number of rotatable bonds is 0. The minimum atomic E-state index is 0. The van der Waals surface area contributed by atoms with Crippen molar-refractivity contribution in [1.29, 1.82) is 0 Å². The molecule has 13 heavy (non-hydrogen) atoms. The van der Waals surface area contributed by atoms with Crippen LogP contribution in [0.2, 0.25) is 0 Å². The average Bonchev–Trinajstić information content (AvgIpc) is 2.62. The average molecular weight is 202 g/mol. The largest absolute Gasteiger partial charge is 1.00 e. The Kier molecular flexibility index (Phi) is 8.14. The van der Waals surface area contributed by atoms with Gasteiger partial charge in [-0.25, -0.2) is 0 Å². The third kappa shape index (κ3) is 6.84. The number of thiophene rings is 1. The van der Waals surface area contributed by atoms with E-state index in [4.69, 9.17) is 5.11 Å². The molecule has 0 atom stereocenters. The van der Waals surface area contributed by atoms with Gasteiger partial charge in [0.25, 0.3) is 0 Å². The molecule has 0 saturated heterocycles. The second-order valence-corrected chi connectivity index (χ2v) is 2.95. The van der Waals surface area contributed by atoms with Crippen LogP contribution in [0.3, 0.4) is 0 Å². The molecule has 0 amide bonds. The minimum Gasteiger partial charge on any atom is -1.00 e. The summed E-state index contributed by atoms with van der Waals surface area (Å²) < 4.78 is 0. The Morgan fingerprint density at radius 3 is 1.69 bits per heavy atom. The van der Waals surface area contributed by atoms with E-state index in [1.165, 1.54) is 0 Å². The van der Waals surface area contributed by atoms with Crippen molar-refractivity contribution in [3.63, 3.8) is 0 Å². The van der Waals surface area contributed by atoms with Gasteiger partial charge in [0.15, 0.2) is 0 Å². The molecule has 0 aliphatic rings. The molecule has 0 saturated carbocycles. The number of para-hydroxylation sites is 1. The Morgan fingerprint density at radius 2 is 1.46 bits per heavy atom. The van der Waals surface area contributed by atoms with Crippen LogP contribution in [0.5, 0.6) is 5.75 Å². The van der Waals surface area contributed by atoms with Crippen LogP contribution < -0.4 is 29.6 Å². The molecule has 1 aromatic heterocycles. The van der Waals surface area contributed by atoms with E-state index in [0.717, 1.165) is 0 Å². The second kappa shape index (κ2) is 8.32. The summed E-state index contributed by atoms with van der Waals surface area (Å²) in [5.74, 6) is 0.322. The smallest absolute Gasteiger partial charge is 1.00 e. The molecule has 64 valence electrons. The summed E-state index contributed by atoms with van der Waals surface area (Å²) in [5.41, 5.74) is 0. The fourth-order valence-corrected chi connectivity index (χ4v) is 1.11. The molecule has 0 spiro atoms. The molecule has 0 bridgehead atoms. The summed E-state index contributed by atoms with van der Waals surface area (Å²) in [6.07, 6.45) is 0. The monoisotopic (exact) mass is 202 g/mol. The third-order valence-electron chi connectivity index (χ3n) is 1.18. The molecule has 1 nitrogen and oxygen atoms in total. The van der Waals surface area contributed by atoms with Crippen LogP contribution in [0.15, 0.2) is 53.2 Å². The topological polar surface area (TPSA) is 20.2 Å². The minimum absolute atomic E-state index is 0. The maximum absolute atomic E-state index is 8.63. The van der Waals surface area contributed by atoms with Crippen molar-refractivity contribution >= 4 is 11.3 Å². The zero-order valence-corrected chi connectivity index (χ0v) is 10.4. The van der Waals surface area contributed by atoms with E-state index in [1.54, 1.807) is 35.6 Å². The zero-order chi connectivity index (χ0) is 8.65. The first kappa shape index (κ1) is 12.7. The Hall–Kier alpha value is -0.280. The molecule has 1 N–H and O–H groups in total. The van der Waals surface area contributed by atoms with Gasteiger partial charge in [-0.3, -0.25) is 0 Å². The SMILES string of the molecule is Oc1ccccc1.[H-].[Na+].c1ccsc1. The Bertz CT molecular complexity index is 269. The molecular formula is C10H11NaOS. The predicted molar refractivity (Wildman–Crippen MR) is 53.5 cm³/mol. The summed E-state index contributed by atoms with van der Waals surface area (Å²) in [4.78, 5) is 0. The van der Waals surface area contributed by atoms with Gasteiger partial charge in [-0.05, 0) is 22.9 Å². The van der Waals surface area contributed by atoms with Crippen molar-refractivity contribution in [2.45, 2.75) is 0 Å². The standard InChI is InChI=1S/C6H6O.C4H4S.Na.H/c7-6-4-2-1-3-5-6;1-2-4-5-3-1;;/h1-5,7H;1-4H;;/q;;+1;-1. The maximum atomic E-state index is 8.63. The van der Waals surface area contributed by atoms with Crippen molar-refractivity contribution in [2.24, 2.45) is 0 Å². The van der Waals surface area contributed by atoms with Gasteiger partial charge < -0.3 is 6.53 Å². The van der Waals surface area contributed by atoms with Gasteiger partial charge >= 0.3 is 29.6 Å². The van der Waals surface area contributed by atoms with Crippen molar-refractivity contribution in [3.05, 3.63) is 53.2 Å². The van der Waals surface area contributed by atoms with Crippen LogP contribution in [0.25, 0.3) is 0 Å². The number of hydrogen-bond acceptors (Lipinski definition) is 2. The molecule has 1 aromatic carbocycles.